The predicted molar refractivity (Wildman–Crippen MR) is 94.1 cm³/mol. The molecule has 0 aliphatic rings. The van der Waals surface area contributed by atoms with Crippen molar-refractivity contribution in [1.82, 2.24) is 0 Å². The standard InChI is InChI=1S/C19H22N2O2/c1-13-6-4-7-14(2)19(13)20-11-10-18(23)21-17-9-5-8-16(12-17)15(3)22/h4-9,12,20H,10-11H2,1-3H3,(H,21,23). The van der Waals surface area contributed by atoms with Crippen LogP contribution in [-0.2, 0) is 4.79 Å². The molecule has 2 N–H and O–H groups in total. The first kappa shape index (κ1) is 16.7. The summed E-state index contributed by atoms with van der Waals surface area (Å²) in [5, 5.41) is 6.13. The summed E-state index contributed by atoms with van der Waals surface area (Å²) in [6, 6.07) is 13.1. The Bertz CT molecular complexity index is 703. The molecule has 0 aromatic heterocycles. The number of benzene rings is 2. The number of para-hydroxylation sites is 1. The summed E-state index contributed by atoms with van der Waals surface area (Å²) in [6.45, 7) is 6.16. The molecular formula is C19H22N2O2. The lowest BCUT2D eigenvalue weighted by Gasteiger charge is -2.12. The molecule has 2 rings (SSSR count). The van der Waals surface area contributed by atoms with Crippen LogP contribution in [0.5, 0.6) is 0 Å². The fourth-order valence-corrected chi connectivity index (χ4v) is 2.43. The molecule has 0 spiro atoms. The van der Waals surface area contributed by atoms with Gasteiger partial charge in [-0.3, -0.25) is 9.59 Å². The van der Waals surface area contributed by atoms with Crippen LogP contribution < -0.4 is 10.6 Å². The van der Waals surface area contributed by atoms with Crippen LogP contribution in [0, 0.1) is 13.8 Å². The van der Waals surface area contributed by atoms with Crippen molar-refractivity contribution >= 4 is 23.1 Å². The average molecular weight is 310 g/mol. The highest BCUT2D eigenvalue weighted by molar-refractivity contribution is 5.97. The number of hydrogen-bond donors (Lipinski definition) is 2. The van der Waals surface area contributed by atoms with Crippen LogP contribution in [0.25, 0.3) is 0 Å². The van der Waals surface area contributed by atoms with Gasteiger partial charge < -0.3 is 10.6 Å². The minimum absolute atomic E-state index is 0.0159. The second kappa shape index (κ2) is 7.58. The third-order valence-electron chi connectivity index (χ3n) is 3.69. The van der Waals surface area contributed by atoms with E-state index >= 15 is 0 Å². The normalized spacial score (nSPS) is 10.2. The molecule has 4 heteroatoms. The first-order valence-corrected chi connectivity index (χ1v) is 7.68. The van der Waals surface area contributed by atoms with Crippen LogP contribution in [0.2, 0.25) is 0 Å². The van der Waals surface area contributed by atoms with E-state index in [9.17, 15) is 9.59 Å². The van der Waals surface area contributed by atoms with E-state index in [0.717, 1.165) is 5.69 Å². The van der Waals surface area contributed by atoms with E-state index in [1.54, 1.807) is 24.3 Å². The Hall–Kier alpha value is -2.62. The lowest BCUT2D eigenvalue weighted by atomic mass is 10.1. The Morgan fingerprint density at radius 2 is 1.65 bits per heavy atom. The topological polar surface area (TPSA) is 58.2 Å². The molecule has 2 aromatic carbocycles. The van der Waals surface area contributed by atoms with E-state index in [1.807, 2.05) is 32.0 Å². The van der Waals surface area contributed by atoms with Crippen molar-refractivity contribution < 1.29 is 9.59 Å². The van der Waals surface area contributed by atoms with E-state index in [-0.39, 0.29) is 11.7 Å². The van der Waals surface area contributed by atoms with Gasteiger partial charge in [-0.05, 0) is 44.0 Å². The molecule has 0 saturated carbocycles. The van der Waals surface area contributed by atoms with Crippen LogP contribution >= 0.6 is 0 Å². The van der Waals surface area contributed by atoms with Crippen LogP contribution in [0.15, 0.2) is 42.5 Å². The highest BCUT2D eigenvalue weighted by Crippen LogP contribution is 2.19. The van der Waals surface area contributed by atoms with Crippen molar-refractivity contribution in [3.05, 3.63) is 59.2 Å². The summed E-state index contributed by atoms with van der Waals surface area (Å²) in [7, 11) is 0. The number of hydrogen-bond acceptors (Lipinski definition) is 3. The molecule has 0 bridgehead atoms. The van der Waals surface area contributed by atoms with Gasteiger partial charge in [0.25, 0.3) is 0 Å². The Morgan fingerprint density at radius 1 is 1.00 bits per heavy atom. The van der Waals surface area contributed by atoms with Gasteiger partial charge >= 0.3 is 0 Å². The zero-order valence-electron chi connectivity index (χ0n) is 13.8. The number of rotatable bonds is 6. The second-order valence-electron chi connectivity index (χ2n) is 5.63. The van der Waals surface area contributed by atoms with Crippen LogP contribution in [0.3, 0.4) is 0 Å². The summed E-state index contributed by atoms with van der Waals surface area (Å²) in [6.07, 6.45) is 0.359. The number of amides is 1. The van der Waals surface area contributed by atoms with E-state index in [0.29, 0.717) is 24.2 Å². The smallest absolute Gasteiger partial charge is 0.226 e. The molecule has 0 radical (unpaired) electrons. The minimum Gasteiger partial charge on any atom is -0.384 e. The second-order valence-corrected chi connectivity index (χ2v) is 5.63. The van der Waals surface area contributed by atoms with Gasteiger partial charge in [-0.25, -0.2) is 0 Å². The highest BCUT2D eigenvalue weighted by Gasteiger charge is 2.06. The first-order valence-electron chi connectivity index (χ1n) is 7.68. The van der Waals surface area contributed by atoms with Gasteiger partial charge in [-0.1, -0.05) is 30.3 Å². The Balaban J connectivity index is 1.88. The molecule has 120 valence electrons. The quantitative estimate of drug-likeness (QED) is 0.794. The SMILES string of the molecule is CC(=O)c1cccc(NC(=O)CCNc2c(C)cccc2C)c1. The molecule has 4 nitrogen and oxygen atoms in total. The largest absolute Gasteiger partial charge is 0.384 e. The number of aryl methyl sites for hydroxylation is 2. The van der Waals surface area contributed by atoms with Crippen molar-refractivity contribution in [2.75, 3.05) is 17.2 Å². The highest BCUT2D eigenvalue weighted by atomic mass is 16.1. The van der Waals surface area contributed by atoms with Crippen LogP contribution in [0.1, 0.15) is 34.8 Å². The monoisotopic (exact) mass is 310 g/mol. The molecule has 23 heavy (non-hydrogen) atoms. The molecular weight excluding hydrogens is 288 g/mol. The lowest BCUT2D eigenvalue weighted by molar-refractivity contribution is -0.115. The maximum absolute atomic E-state index is 12.0. The van der Waals surface area contributed by atoms with Crippen LogP contribution in [-0.4, -0.2) is 18.2 Å². The predicted octanol–water partition coefficient (Wildman–Crippen LogP) is 3.95. The van der Waals surface area contributed by atoms with Crippen molar-refractivity contribution in [2.24, 2.45) is 0 Å². The Morgan fingerprint density at radius 3 is 2.30 bits per heavy atom. The molecule has 0 aliphatic heterocycles. The fourth-order valence-electron chi connectivity index (χ4n) is 2.43. The molecule has 0 atom stereocenters. The first-order chi connectivity index (χ1) is 11.0. The number of carbonyl (C=O) groups is 2. The number of carbonyl (C=O) groups excluding carboxylic acids is 2. The fraction of sp³-hybridized carbons (Fsp3) is 0.263. The summed E-state index contributed by atoms with van der Waals surface area (Å²) in [5.74, 6) is -0.0952. The maximum Gasteiger partial charge on any atom is 0.226 e. The Kier molecular flexibility index (Phi) is 5.52. The maximum atomic E-state index is 12.0. The molecule has 0 saturated heterocycles. The molecule has 0 aliphatic carbocycles. The Labute approximate surface area is 136 Å². The van der Waals surface area contributed by atoms with Gasteiger partial charge in [0.1, 0.15) is 0 Å². The lowest BCUT2D eigenvalue weighted by Crippen LogP contribution is -2.17. The number of ketones is 1. The van der Waals surface area contributed by atoms with Crippen molar-refractivity contribution in [3.63, 3.8) is 0 Å². The van der Waals surface area contributed by atoms with Gasteiger partial charge in [-0.2, -0.15) is 0 Å². The number of anilines is 2. The van der Waals surface area contributed by atoms with E-state index in [4.69, 9.17) is 0 Å². The molecule has 1 amide bonds. The zero-order chi connectivity index (χ0) is 16.8. The van der Waals surface area contributed by atoms with E-state index in [1.165, 1.54) is 18.1 Å². The molecule has 0 unspecified atom stereocenters. The number of Topliss-reactive ketones (excluding diaryl/α,β-unsaturated/α-hetero) is 1. The molecule has 0 fully saturated rings. The van der Waals surface area contributed by atoms with Gasteiger partial charge in [0.2, 0.25) is 5.91 Å². The van der Waals surface area contributed by atoms with Crippen molar-refractivity contribution in [1.29, 1.82) is 0 Å². The summed E-state index contributed by atoms with van der Waals surface area (Å²) in [5.41, 5.74) is 4.66. The third kappa shape index (κ3) is 4.68. The molecule has 0 heterocycles. The van der Waals surface area contributed by atoms with Crippen molar-refractivity contribution in [2.45, 2.75) is 27.2 Å². The summed E-state index contributed by atoms with van der Waals surface area (Å²) in [4.78, 5) is 23.4. The zero-order valence-corrected chi connectivity index (χ0v) is 13.8. The minimum atomic E-state index is -0.0792. The average Bonchev–Trinajstić information content (AvgIpc) is 2.50. The van der Waals surface area contributed by atoms with Crippen LogP contribution in [0.4, 0.5) is 11.4 Å². The van der Waals surface area contributed by atoms with Gasteiger partial charge in [0.05, 0.1) is 0 Å². The number of nitrogens with one attached hydrogen (secondary N) is 2. The molecule has 2 aromatic rings. The third-order valence-corrected chi connectivity index (χ3v) is 3.69. The summed E-state index contributed by atoms with van der Waals surface area (Å²) >= 11 is 0. The summed E-state index contributed by atoms with van der Waals surface area (Å²) < 4.78 is 0. The van der Waals surface area contributed by atoms with Gasteiger partial charge in [0.15, 0.2) is 5.78 Å². The van der Waals surface area contributed by atoms with E-state index in [2.05, 4.69) is 10.6 Å². The van der Waals surface area contributed by atoms with E-state index < -0.39 is 0 Å². The van der Waals surface area contributed by atoms with Crippen molar-refractivity contribution in [3.8, 4) is 0 Å². The van der Waals surface area contributed by atoms with Gasteiger partial charge in [0, 0.05) is 29.9 Å². The van der Waals surface area contributed by atoms with Gasteiger partial charge in [-0.15, -0.1) is 0 Å².